The van der Waals surface area contributed by atoms with Gasteiger partial charge in [-0.05, 0) is 36.4 Å². The molecule has 31 heavy (non-hydrogen) atoms. The number of fused-ring (bicyclic) bond motifs is 1. The van der Waals surface area contributed by atoms with Crippen molar-refractivity contribution in [3.8, 4) is 22.9 Å². The summed E-state index contributed by atoms with van der Waals surface area (Å²) in [5, 5.41) is 4.12. The van der Waals surface area contributed by atoms with Gasteiger partial charge in [-0.1, -0.05) is 11.2 Å². The number of halogens is 3. The summed E-state index contributed by atoms with van der Waals surface area (Å²) in [5.74, 6) is -1.00. The highest BCUT2D eigenvalue weighted by Crippen LogP contribution is 2.33. The normalized spacial score (nSPS) is 11.1. The van der Waals surface area contributed by atoms with Crippen LogP contribution in [0.1, 0.15) is 15.6 Å². The number of methoxy groups -OCH3 is 1. The summed E-state index contributed by atoms with van der Waals surface area (Å²) < 4.78 is 58.9. The lowest BCUT2D eigenvalue weighted by molar-refractivity contribution is -0.0512. The molecule has 4 aromatic rings. The first kappa shape index (κ1) is 20.7. The lowest BCUT2D eigenvalue weighted by atomic mass is 10.2. The van der Waals surface area contributed by atoms with E-state index < -0.39 is 18.4 Å². The Balaban J connectivity index is 1.45. The van der Waals surface area contributed by atoms with Crippen molar-refractivity contribution < 1.29 is 36.7 Å². The van der Waals surface area contributed by atoms with Crippen molar-refractivity contribution in [1.82, 2.24) is 10.1 Å². The van der Waals surface area contributed by atoms with E-state index in [2.05, 4.69) is 14.9 Å². The maximum Gasteiger partial charge on any atom is 0.387 e. The van der Waals surface area contributed by atoms with E-state index in [1.54, 1.807) is 12.1 Å². The van der Waals surface area contributed by atoms with Gasteiger partial charge in [-0.2, -0.15) is 13.8 Å². The third kappa shape index (κ3) is 4.45. The van der Waals surface area contributed by atoms with Crippen LogP contribution in [0.4, 0.5) is 13.2 Å². The van der Waals surface area contributed by atoms with Crippen molar-refractivity contribution >= 4 is 27.4 Å². The summed E-state index contributed by atoms with van der Waals surface area (Å²) in [5.41, 5.74) is 0.416. The van der Waals surface area contributed by atoms with E-state index >= 15 is 0 Å². The molecule has 0 aliphatic heterocycles. The Kier molecular flexibility index (Phi) is 5.76. The van der Waals surface area contributed by atoms with Gasteiger partial charge in [0.05, 0.1) is 7.11 Å². The molecule has 4 rings (SSSR count). The van der Waals surface area contributed by atoms with Crippen LogP contribution in [-0.2, 0) is 11.3 Å². The van der Waals surface area contributed by atoms with E-state index in [0.29, 0.717) is 15.6 Å². The fraction of sp³-hybridized carbons (Fsp3) is 0.150. The standard InChI is InChI=1S/C20H13F3N2O5S/c1-27-14-7-10(5-6-13(14)29-20(22)23)18-24-17(30-25-18)9-28-19(26)16-8-11-12(21)3-2-4-15(11)31-16/h2-8,20H,9H2,1H3. The average Bonchev–Trinajstić information content (AvgIpc) is 3.40. The Labute approximate surface area is 177 Å². The van der Waals surface area contributed by atoms with Gasteiger partial charge in [-0.25, -0.2) is 9.18 Å². The first-order valence-corrected chi connectivity index (χ1v) is 9.57. The number of carbonyl (C=O) groups is 1. The van der Waals surface area contributed by atoms with Crippen LogP contribution in [0.2, 0.25) is 0 Å². The molecule has 0 radical (unpaired) electrons. The molecule has 0 fully saturated rings. The monoisotopic (exact) mass is 450 g/mol. The van der Waals surface area contributed by atoms with E-state index in [1.165, 1.54) is 37.4 Å². The summed E-state index contributed by atoms with van der Waals surface area (Å²) >= 11 is 1.11. The van der Waals surface area contributed by atoms with Crippen LogP contribution in [0.5, 0.6) is 11.5 Å². The maximum absolute atomic E-state index is 13.8. The molecule has 0 atom stereocenters. The van der Waals surface area contributed by atoms with Crippen LogP contribution in [-0.4, -0.2) is 29.8 Å². The molecule has 0 amide bonds. The third-order valence-corrected chi connectivity index (χ3v) is 5.22. The predicted molar refractivity (Wildman–Crippen MR) is 104 cm³/mol. The van der Waals surface area contributed by atoms with E-state index in [4.69, 9.17) is 14.0 Å². The number of carbonyl (C=O) groups excluding carboxylic acids is 1. The molecular formula is C20H13F3N2O5S. The highest BCUT2D eigenvalue weighted by molar-refractivity contribution is 7.20. The van der Waals surface area contributed by atoms with Gasteiger partial charge < -0.3 is 18.7 Å². The fourth-order valence-electron chi connectivity index (χ4n) is 2.76. The predicted octanol–water partition coefficient (Wildman–Crippen LogP) is 5.06. The first-order valence-electron chi connectivity index (χ1n) is 8.75. The van der Waals surface area contributed by atoms with Crippen LogP contribution >= 0.6 is 11.3 Å². The van der Waals surface area contributed by atoms with Gasteiger partial charge >= 0.3 is 12.6 Å². The van der Waals surface area contributed by atoms with Crippen molar-refractivity contribution in [2.24, 2.45) is 0 Å². The lowest BCUT2D eigenvalue weighted by Gasteiger charge is -2.10. The van der Waals surface area contributed by atoms with Crippen LogP contribution in [0.15, 0.2) is 47.0 Å². The number of hydrogen-bond acceptors (Lipinski definition) is 8. The lowest BCUT2D eigenvalue weighted by Crippen LogP contribution is -2.03. The maximum atomic E-state index is 13.8. The number of nitrogens with zero attached hydrogens (tertiary/aromatic N) is 2. The quantitative estimate of drug-likeness (QED) is 0.364. The largest absolute Gasteiger partial charge is 0.493 e. The average molecular weight is 450 g/mol. The minimum Gasteiger partial charge on any atom is -0.493 e. The van der Waals surface area contributed by atoms with Gasteiger partial charge in [0, 0.05) is 15.6 Å². The second-order valence-electron chi connectivity index (χ2n) is 6.09. The molecule has 0 unspecified atom stereocenters. The van der Waals surface area contributed by atoms with Gasteiger partial charge in [0.25, 0.3) is 5.89 Å². The SMILES string of the molecule is COc1cc(-c2noc(COC(=O)c3cc4c(F)cccc4s3)n2)ccc1OC(F)F. The van der Waals surface area contributed by atoms with Gasteiger partial charge in [0.15, 0.2) is 18.1 Å². The van der Waals surface area contributed by atoms with Crippen molar-refractivity contribution in [3.05, 3.63) is 59.0 Å². The van der Waals surface area contributed by atoms with Gasteiger partial charge in [-0.3, -0.25) is 0 Å². The third-order valence-electron chi connectivity index (χ3n) is 4.14. The zero-order valence-electron chi connectivity index (χ0n) is 15.8. The molecular weight excluding hydrogens is 437 g/mol. The van der Waals surface area contributed by atoms with Crippen molar-refractivity contribution in [3.63, 3.8) is 0 Å². The molecule has 160 valence electrons. The van der Waals surface area contributed by atoms with Crippen LogP contribution in [0.3, 0.4) is 0 Å². The molecule has 0 bridgehead atoms. The van der Waals surface area contributed by atoms with E-state index in [1.807, 2.05) is 0 Å². The van der Waals surface area contributed by atoms with Crippen LogP contribution < -0.4 is 9.47 Å². The number of rotatable bonds is 7. The van der Waals surface area contributed by atoms with Crippen molar-refractivity contribution in [2.75, 3.05) is 7.11 Å². The minimum atomic E-state index is -3.00. The topological polar surface area (TPSA) is 83.7 Å². The van der Waals surface area contributed by atoms with E-state index in [-0.39, 0.29) is 34.7 Å². The molecule has 7 nitrogen and oxygen atoms in total. The number of benzene rings is 2. The molecule has 0 aliphatic rings. The number of thiophene rings is 1. The summed E-state index contributed by atoms with van der Waals surface area (Å²) in [6.45, 7) is -3.30. The fourth-order valence-corrected chi connectivity index (χ4v) is 3.72. The summed E-state index contributed by atoms with van der Waals surface area (Å²) in [6, 6.07) is 10.1. The zero-order valence-corrected chi connectivity index (χ0v) is 16.6. The number of esters is 1. The van der Waals surface area contributed by atoms with Crippen molar-refractivity contribution in [1.29, 1.82) is 0 Å². The minimum absolute atomic E-state index is 0.0162. The number of ether oxygens (including phenoxy) is 3. The molecule has 0 N–H and O–H groups in total. The molecule has 0 spiro atoms. The molecule has 2 aromatic carbocycles. The van der Waals surface area contributed by atoms with E-state index in [9.17, 15) is 18.0 Å². The summed E-state index contributed by atoms with van der Waals surface area (Å²) in [4.78, 5) is 16.6. The molecule has 0 saturated heterocycles. The second kappa shape index (κ2) is 8.64. The number of aromatic nitrogens is 2. The van der Waals surface area contributed by atoms with Crippen LogP contribution in [0, 0.1) is 5.82 Å². The van der Waals surface area contributed by atoms with Gasteiger partial charge in [-0.15, -0.1) is 11.3 Å². The Hall–Kier alpha value is -3.60. The molecule has 11 heteroatoms. The van der Waals surface area contributed by atoms with Crippen molar-refractivity contribution in [2.45, 2.75) is 13.2 Å². The van der Waals surface area contributed by atoms with Gasteiger partial charge in [0.2, 0.25) is 5.82 Å². The Morgan fingerprint density at radius 2 is 2.03 bits per heavy atom. The molecule has 2 aromatic heterocycles. The van der Waals surface area contributed by atoms with Gasteiger partial charge in [0.1, 0.15) is 10.7 Å². The molecule has 0 aliphatic carbocycles. The summed E-state index contributed by atoms with van der Waals surface area (Å²) in [6.07, 6.45) is 0. The Morgan fingerprint density at radius 1 is 1.19 bits per heavy atom. The smallest absolute Gasteiger partial charge is 0.387 e. The molecule has 2 heterocycles. The highest BCUT2D eigenvalue weighted by Gasteiger charge is 2.17. The molecule has 0 saturated carbocycles. The Bertz CT molecular complexity index is 1240. The number of alkyl halides is 2. The number of hydrogen-bond donors (Lipinski definition) is 0. The zero-order chi connectivity index (χ0) is 22.0. The Morgan fingerprint density at radius 3 is 2.77 bits per heavy atom. The van der Waals surface area contributed by atoms with Crippen LogP contribution in [0.25, 0.3) is 21.5 Å². The second-order valence-corrected chi connectivity index (χ2v) is 7.18. The summed E-state index contributed by atoms with van der Waals surface area (Å²) in [7, 11) is 1.30. The first-order chi connectivity index (χ1) is 14.9. The highest BCUT2D eigenvalue weighted by atomic mass is 32.1. The van der Waals surface area contributed by atoms with E-state index in [0.717, 1.165) is 11.3 Å².